The number of rotatable bonds is 2. The van der Waals surface area contributed by atoms with Crippen LogP contribution in [0.5, 0.6) is 0 Å². The van der Waals surface area contributed by atoms with E-state index in [9.17, 15) is 0 Å². The number of thiophene rings is 2. The highest BCUT2D eigenvalue weighted by molar-refractivity contribution is 7.26. The van der Waals surface area contributed by atoms with Gasteiger partial charge in [0, 0.05) is 56.8 Å². The molecule has 0 amide bonds. The maximum atomic E-state index is 2.41. The lowest BCUT2D eigenvalue weighted by molar-refractivity contribution is 1.19. The van der Waals surface area contributed by atoms with Gasteiger partial charge in [0.1, 0.15) is 0 Å². The van der Waals surface area contributed by atoms with Gasteiger partial charge in [0.15, 0.2) is 0 Å². The van der Waals surface area contributed by atoms with Gasteiger partial charge in [-0.05, 0) is 53.6 Å². The van der Waals surface area contributed by atoms with Crippen molar-refractivity contribution in [3.05, 3.63) is 127 Å². The van der Waals surface area contributed by atoms with Gasteiger partial charge in [0.25, 0.3) is 0 Å². The third kappa shape index (κ3) is 3.00. The lowest BCUT2D eigenvalue weighted by Gasteiger charge is -2.09. The van der Waals surface area contributed by atoms with E-state index in [4.69, 9.17) is 0 Å². The predicted octanol–water partition coefficient (Wildman–Crippen LogP) is 11.2. The largest absolute Gasteiger partial charge is 0.309 e. The summed E-state index contributed by atoms with van der Waals surface area (Å²) >= 11 is 3.78. The van der Waals surface area contributed by atoms with E-state index in [2.05, 4.69) is 132 Å². The fourth-order valence-corrected chi connectivity index (χ4v) is 8.68. The van der Waals surface area contributed by atoms with Crippen LogP contribution >= 0.6 is 22.7 Å². The molecule has 1 nitrogen and oxygen atoms in total. The first kappa shape index (κ1) is 21.5. The summed E-state index contributed by atoms with van der Waals surface area (Å²) in [5.41, 5.74) is 6.34. The Balaban J connectivity index is 1.32. The van der Waals surface area contributed by atoms with Crippen LogP contribution in [0.4, 0.5) is 0 Å². The molecule has 0 aliphatic rings. The highest BCUT2D eigenvalue weighted by Gasteiger charge is 2.17. The monoisotopic (exact) mass is 531 g/mol. The Morgan fingerprint density at radius 2 is 0.897 bits per heavy atom. The summed E-state index contributed by atoms with van der Waals surface area (Å²) in [6.07, 6.45) is 0. The average Bonchev–Trinajstić information content (AvgIpc) is 3.66. The zero-order valence-corrected chi connectivity index (χ0v) is 22.5. The third-order valence-electron chi connectivity index (χ3n) is 8.01. The number of hydrogen-bond donors (Lipinski definition) is 0. The standard InChI is InChI=1S/C36H21NS2/c1-4-14-29-23(9-1)24-10-2-5-15-30(24)37(29)22-19-20-28-34(21-22)39-33-18-8-13-26(36(28)33)25-12-7-17-32-35(25)27-11-3-6-16-31(27)38-32/h1-21H. The first-order chi connectivity index (χ1) is 19.3. The van der Waals surface area contributed by atoms with Crippen LogP contribution in [-0.4, -0.2) is 4.57 Å². The van der Waals surface area contributed by atoms with Crippen LogP contribution in [0.2, 0.25) is 0 Å². The number of fused-ring (bicyclic) bond motifs is 9. The average molecular weight is 532 g/mol. The fourth-order valence-electron chi connectivity index (χ4n) is 6.38. The van der Waals surface area contributed by atoms with E-state index >= 15 is 0 Å². The van der Waals surface area contributed by atoms with Crippen LogP contribution < -0.4 is 0 Å². The second-order valence-electron chi connectivity index (χ2n) is 10.1. The summed E-state index contributed by atoms with van der Waals surface area (Å²) in [7, 11) is 0. The minimum atomic E-state index is 1.21. The zero-order chi connectivity index (χ0) is 25.5. The summed E-state index contributed by atoms with van der Waals surface area (Å²) in [6.45, 7) is 0. The smallest absolute Gasteiger partial charge is 0.0541 e. The maximum absolute atomic E-state index is 2.41. The SMILES string of the molecule is c1ccc2c(c1)sc1cccc(-c3cccc4sc5cc(-n6c7ccccc7c7ccccc76)ccc5c34)c12. The van der Waals surface area contributed by atoms with Crippen molar-refractivity contribution in [2.75, 3.05) is 0 Å². The molecule has 182 valence electrons. The molecule has 0 N–H and O–H groups in total. The molecule has 39 heavy (non-hydrogen) atoms. The molecule has 9 rings (SSSR count). The molecule has 3 heteroatoms. The van der Waals surface area contributed by atoms with Crippen molar-refractivity contribution < 1.29 is 0 Å². The summed E-state index contributed by atoms with van der Waals surface area (Å²) in [5, 5.41) is 7.98. The summed E-state index contributed by atoms with van der Waals surface area (Å²) in [4.78, 5) is 0. The molecule has 0 spiro atoms. The Morgan fingerprint density at radius 1 is 0.385 bits per heavy atom. The number of nitrogens with zero attached hydrogens (tertiary/aromatic N) is 1. The molecule has 0 aliphatic carbocycles. The Kier molecular flexibility index (Phi) is 4.43. The summed E-state index contributed by atoms with van der Waals surface area (Å²) in [6, 6.07) is 46.8. The highest BCUT2D eigenvalue weighted by atomic mass is 32.1. The van der Waals surface area contributed by atoms with Crippen LogP contribution in [0.15, 0.2) is 127 Å². The Morgan fingerprint density at radius 3 is 1.56 bits per heavy atom. The van der Waals surface area contributed by atoms with E-state index in [-0.39, 0.29) is 0 Å². The topological polar surface area (TPSA) is 4.93 Å². The van der Waals surface area contributed by atoms with Crippen molar-refractivity contribution in [3.8, 4) is 16.8 Å². The number of para-hydroxylation sites is 2. The third-order valence-corrected chi connectivity index (χ3v) is 10.3. The van der Waals surface area contributed by atoms with Crippen LogP contribution in [0.1, 0.15) is 0 Å². The van der Waals surface area contributed by atoms with E-state index in [1.165, 1.54) is 79.0 Å². The molecule has 0 radical (unpaired) electrons. The van der Waals surface area contributed by atoms with E-state index in [0.717, 1.165) is 0 Å². The van der Waals surface area contributed by atoms with Crippen LogP contribution in [0.25, 0.3) is 79.0 Å². The Hall–Kier alpha value is -4.44. The van der Waals surface area contributed by atoms with Gasteiger partial charge in [-0.2, -0.15) is 0 Å². The van der Waals surface area contributed by atoms with Gasteiger partial charge >= 0.3 is 0 Å². The molecule has 0 unspecified atom stereocenters. The minimum absolute atomic E-state index is 1.21. The Labute approximate surface area is 232 Å². The van der Waals surface area contributed by atoms with Crippen molar-refractivity contribution in [1.29, 1.82) is 0 Å². The molecule has 0 bridgehead atoms. The first-order valence-electron chi connectivity index (χ1n) is 13.2. The van der Waals surface area contributed by atoms with E-state index in [0.29, 0.717) is 0 Å². The molecular weight excluding hydrogens is 511 g/mol. The van der Waals surface area contributed by atoms with Gasteiger partial charge in [0.2, 0.25) is 0 Å². The molecule has 0 saturated heterocycles. The molecule has 3 aromatic heterocycles. The lowest BCUT2D eigenvalue weighted by atomic mass is 9.95. The number of hydrogen-bond acceptors (Lipinski definition) is 2. The van der Waals surface area contributed by atoms with Gasteiger partial charge in [-0.15, -0.1) is 22.7 Å². The molecule has 3 heterocycles. The van der Waals surface area contributed by atoms with E-state index < -0.39 is 0 Å². The minimum Gasteiger partial charge on any atom is -0.309 e. The zero-order valence-electron chi connectivity index (χ0n) is 20.9. The van der Waals surface area contributed by atoms with Crippen molar-refractivity contribution >= 4 is 84.8 Å². The van der Waals surface area contributed by atoms with Crippen molar-refractivity contribution in [1.82, 2.24) is 4.57 Å². The Bertz CT molecular complexity index is 2350. The van der Waals surface area contributed by atoms with Crippen molar-refractivity contribution in [2.24, 2.45) is 0 Å². The maximum Gasteiger partial charge on any atom is 0.0541 e. The highest BCUT2D eigenvalue weighted by Crippen LogP contribution is 2.45. The summed E-state index contributed by atoms with van der Waals surface area (Å²) in [5.74, 6) is 0. The lowest BCUT2D eigenvalue weighted by Crippen LogP contribution is -1.93. The van der Waals surface area contributed by atoms with Gasteiger partial charge in [-0.25, -0.2) is 0 Å². The van der Waals surface area contributed by atoms with Gasteiger partial charge in [-0.3, -0.25) is 0 Å². The molecular formula is C36H21NS2. The second-order valence-corrected chi connectivity index (χ2v) is 12.3. The summed E-state index contributed by atoms with van der Waals surface area (Å²) < 4.78 is 7.75. The first-order valence-corrected chi connectivity index (χ1v) is 14.8. The molecule has 9 aromatic rings. The molecule has 0 aliphatic heterocycles. The van der Waals surface area contributed by atoms with Gasteiger partial charge < -0.3 is 4.57 Å². The number of benzene rings is 6. The van der Waals surface area contributed by atoms with Crippen molar-refractivity contribution in [3.63, 3.8) is 0 Å². The van der Waals surface area contributed by atoms with Gasteiger partial charge in [0.05, 0.1) is 11.0 Å². The van der Waals surface area contributed by atoms with Crippen LogP contribution in [-0.2, 0) is 0 Å². The fraction of sp³-hybridized carbons (Fsp3) is 0. The molecule has 0 atom stereocenters. The number of aromatic nitrogens is 1. The quantitative estimate of drug-likeness (QED) is 0.209. The van der Waals surface area contributed by atoms with Gasteiger partial charge in [-0.1, -0.05) is 84.9 Å². The predicted molar refractivity (Wildman–Crippen MR) is 172 cm³/mol. The molecule has 0 saturated carbocycles. The molecule has 6 aromatic carbocycles. The van der Waals surface area contributed by atoms with Crippen molar-refractivity contribution in [2.45, 2.75) is 0 Å². The second kappa shape index (κ2) is 8.03. The van der Waals surface area contributed by atoms with Crippen LogP contribution in [0.3, 0.4) is 0 Å². The van der Waals surface area contributed by atoms with Crippen LogP contribution in [0, 0.1) is 0 Å². The van der Waals surface area contributed by atoms with E-state index in [1.807, 2.05) is 22.7 Å². The normalized spacial score (nSPS) is 12.1. The molecule has 0 fully saturated rings. The van der Waals surface area contributed by atoms with E-state index in [1.54, 1.807) is 0 Å².